The van der Waals surface area contributed by atoms with Gasteiger partial charge in [0.1, 0.15) is 11.5 Å². The van der Waals surface area contributed by atoms with Gasteiger partial charge in [0.15, 0.2) is 0 Å². The van der Waals surface area contributed by atoms with Gasteiger partial charge >= 0.3 is 0 Å². The minimum absolute atomic E-state index is 0.233. The van der Waals surface area contributed by atoms with Crippen molar-refractivity contribution in [2.45, 2.75) is 33.6 Å². The number of hydrogen-bond acceptors (Lipinski definition) is 3. The summed E-state index contributed by atoms with van der Waals surface area (Å²) in [6, 6.07) is 11.9. The third kappa shape index (κ3) is 4.31. The molecular weight excluding hydrogens is 264 g/mol. The first-order chi connectivity index (χ1) is 10.1. The number of carbonyl (C=O) groups is 1. The van der Waals surface area contributed by atoms with Crippen LogP contribution < -0.4 is 5.43 Å². The molecule has 21 heavy (non-hydrogen) atoms. The highest BCUT2D eigenvalue weighted by atomic mass is 16.3. The summed E-state index contributed by atoms with van der Waals surface area (Å²) in [7, 11) is 0. The van der Waals surface area contributed by atoms with E-state index in [9.17, 15) is 4.79 Å². The summed E-state index contributed by atoms with van der Waals surface area (Å²) >= 11 is 0. The molecule has 0 aliphatic rings. The van der Waals surface area contributed by atoms with Crippen molar-refractivity contribution in [3.05, 3.63) is 59.0 Å². The summed E-state index contributed by atoms with van der Waals surface area (Å²) in [5.41, 5.74) is 5.27. The van der Waals surface area contributed by atoms with Gasteiger partial charge in [0.2, 0.25) is 0 Å². The third-order valence-corrected chi connectivity index (χ3v) is 3.25. The first kappa shape index (κ1) is 15.0. The van der Waals surface area contributed by atoms with Crippen LogP contribution in [0.4, 0.5) is 0 Å². The van der Waals surface area contributed by atoms with E-state index in [1.165, 1.54) is 5.56 Å². The lowest BCUT2D eigenvalue weighted by atomic mass is 10.1. The largest absolute Gasteiger partial charge is 0.466 e. The second-order valence-electron chi connectivity index (χ2n) is 5.10. The van der Waals surface area contributed by atoms with Crippen LogP contribution in [0.1, 0.15) is 40.8 Å². The van der Waals surface area contributed by atoms with Gasteiger partial charge in [-0.2, -0.15) is 5.10 Å². The highest BCUT2D eigenvalue weighted by Gasteiger charge is 2.12. The highest BCUT2D eigenvalue weighted by Crippen LogP contribution is 2.13. The van der Waals surface area contributed by atoms with Gasteiger partial charge in [-0.05, 0) is 45.2 Å². The van der Waals surface area contributed by atoms with Crippen LogP contribution in [0.3, 0.4) is 0 Å². The summed E-state index contributed by atoms with van der Waals surface area (Å²) in [6.45, 7) is 5.50. The number of nitrogens with zero attached hydrogens (tertiary/aromatic N) is 1. The predicted octanol–water partition coefficient (Wildman–Crippen LogP) is 3.63. The molecule has 2 aromatic rings. The molecule has 1 heterocycles. The average molecular weight is 284 g/mol. The number of aryl methyl sites for hydroxylation is 3. The second kappa shape index (κ2) is 6.88. The van der Waals surface area contributed by atoms with E-state index >= 15 is 0 Å². The van der Waals surface area contributed by atoms with Crippen LogP contribution in [0, 0.1) is 13.8 Å². The lowest BCUT2D eigenvalue weighted by molar-refractivity contribution is 0.0953. The average Bonchev–Trinajstić information content (AvgIpc) is 2.82. The summed E-state index contributed by atoms with van der Waals surface area (Å²) < 4.78 is 5.34. The molecule has 2 rings (SSSR count). The summed E-state index contributed by atoms with van der Waals surface area (Å²) in [5.74, 6) is 1.10. The molecule has 1 N–H and O–H groups in total. The van der Waals surface area contributed by atoms with Gasteiger partial charge in [0.25, 0.3) is 5.91 Å². The molecule has 4 heteroatoms. The van der Waals surface area contributed by atoms with Crippen molar-refractivity contribution in [1.82, 2.24) is 5.43 Å². The molecule has 0 spiro atoms. The van der Waals surface area contributed by atoms with Crippen LogP contribution in [0.15, 0.2) is 45.9 Å². The minimum Gasteiger partial charge on any atom is -0.466 e. The van der Waals surface area contributed by atoms with Crippen molar-refractivity contribution in [2.75, 3.05) is 0 Å². The van der Waals surface area contributed by atoms with Gasteiger partial charge in [-0.3, -0.25) is 4.79 Å². The van der Waals surface area contributed by atoms with E-state index in [2.05, 4.69) is 22.7 Å². The van der Waals surface area contributed by atoms with Gasteiger partial charge in [-0.15, -0.1) is 0 Å². The van der Waals surface area contributed by atoms with Gasteiger partial charge in [0, 0.05) is 5.71 Å². The summed E-state index contributed by atoms with van der Waals surface area (Å²) in [5, 5.41) is 4.14. The molecule has 0 atom stereocenters. The SMILES string of the molecule is C/C(CCc1ccccc1)=N/NC(=O)c1cc(C)oc1C. The molecule has 1 aromatic carbocycles. The minimum atomic E-state index is -0.233. The molecule has 0 aliphatic heterocycles. The second-order valence-corrected chi connectivity index (χ2v) is 5.10. The molecule has 0 aliphatic carbocycles. The quantitative estimate of drug-likeness (QED) is 0.673. The Balaban J connectivity index is 1.88. The van der Waals surface area contributed by atoms with E-state index in [1.807, 2.05) is 32.0 Å². The highest BCUT2D eigenvalue weighted by molar-refractivity contribution is 5.96. The Bertz CT molecular complexity index is 642. The fourth-order valence-corrected chi connectivity index (χ4v) is 2.09. The number of rotatable bonds is 5. The number of benzene rings is 1. The number of amides is 1. The van der Waals surface area contributed by atoms with Crippen LogP contribution >= 0.6 is 0 Å². The molecular formula is C17H20N2O2. The van der Waals surface area contributed by atoms with E-state index in [4.69, 9.17) is 4.42 Å². The number of hydrogen-bond donors (Lipinski definition) is 1. The maximum atomic E-state index is 12.0. The monoisotopic (exact) mass is 284 g/mol. The van der Waals surface area contributed by atoms with E-state index in [0.717, 1.165) is 24.3 Å². The molecule has 0 saturated carbocycles. The van der Waals surface area contributed by atoms with E-state index < -0.39 is 0 Å². The maximum Gasteiger partial charge on any atom is 0.274 e. The zero-order valence-corrected chi connectivity index (χ0v) is 12.6. The van der Waals surface area contributed by atoms with Crippen molar-refractivity contribution in [1.29, 1.82) is 0 Å². The molecule has 0 radical (unpaired) electrons. The van der Waals surface area contributed by atoms with Gasteiger partial charge in [-0.25, -0.2) is 5.43 Å². The van der Waals surface area contributed by atoms with E-state index in [0.29, 0.717) is 11.3 Å². The maximum absolute atomic E-state index is 12.0. The zero-order chi connectivity index (χ0) is 15.2. The lowest BCUT2D eigenvalue weighted by Crippen LogP contribution is -2.19. The van der Waals surface area contributed by atoms with Gasteiger partial charge in [0.05, 0.1) is 5.56 Å². The van der Waals surface area contributed by atoms with Crippen LogP contribution in [-0.4, -0.2) is 11.6 Å². The van der Waals surface area contributed by atoms with Crippen molar-refractivity contribution < 1.29 is 9.21 Å². The van der Waals surface area contributed by atoms with Gasteiger partial charge < -0.3 is 4.42 Å². The number of carbonyl (C=O) groups excluding carboxylic acids is 1. The number of hydrazone groups is 1. The number of furan rings is 1. The molecule has 0 unspecified atom stereocenters. The van der Waals surface area contributed by atoms with Crippen molar-refractivity contribution >= 4 is 11.6 Å². The Morgan fingerprint density at radius 2 is 1.95 bits per heavy atom. The van der Waals surface area contributed by atoms with Crippen molar-refractivity contribution in [3.63, 3.8) is 0 Å². The van der Waals surface area contributed by atoms with Crippen LogP contribution in [0.5, 0.6) is 0 Å². The first-order valence-corrected chi connectivity index (χ1v) is 7.00. The fourth-order valence-electron chi connectivity index (χ4n) is 2.09. The van der Waals surface area contributed by atoms with E-state index in [1.54, 1.807) is 13.0 Å². The Kier molecular flexibility index (Phi) is 4.93. The van der Waals surface area contributed by atoms with Crippen molar-refractivity contribution in [3.8, 4) is 0 Å². The molecule has 1 aromatic heterocycles. The normalized spacial score (nSPS) is 11.5. The third-order valence-electron chi connectivity index (χ3n) is 3.25. The van der Waals surface area contributed by atoms with Crippen LogP contribution in [0.2, 0.25) is 0 Å². The smallest absolute Gasteiger partial charge is 0.274 e. The van der Waals surface area contributed by atoms with Crippen molar-refractivity contribution in [2.24, 2.45) is 5.10 Å². The zero-order valence-electron chi connectivity index (χ0n) is 12.6. The summed E-state index contributed by atoms with van der Waals surface area (Å²) in [4.78, 5) is 12.0. The first-order valence-electron chi connectivity index (χ1n) is 7.00. The standard InChI is InChI=1S/C17H20N2O2/c1-12(9-10-15-7-5-4-6-8-15)18-19-17(20)16-11-13(2)21-14(16)3/h4-8,11H,9-10H2,1-3H3,(H,19,20)/b18-12-. The van der Waals surface area contributed by atoms with Crippen LogP contribution in [0.25, 0.3) is 0 Å². The molecule has 0 bridgehead atoms. The molecule has 1 amide bonds. The van der Waals surface area contributed by atoms with Gasteiger partial charge in [-0.1, -0.05) is 30.3 Å². The Labute approximate surface area is 124 Å². The summed E-state index contributed by atoms with van der Waals surface area (Å²) in [6.07, 6.45) is 1.73. The lowest BCUT2D eigenvalue weighted by Gasteiger charge is -2.03. The Morgan fingerprint density at radius 1 is 1.24 bits per heavy atom. The van der Waals surface area contributed by atoms with E-state index in [-0.39, 0.29) is 5.91 Å². The van der Waals surface area contributed by atoms with Crippen LogP contribution in [-0.2, 0) is 6.42 Å². The number of nitrogens with one attached hydrogen (secondary N) is 1. The predicted molar refractivity (Wildman–Crippen MR) is 83.5 cm³/mol. The molecule has 0 fully saturated rings. The molecule has 0 saturated heterocycles. The molecule has 110 valence electrons. The molecule has 4 nitrogen and oxygen atoms in total. The fraction of sp³-hybridized carbons (Fsp3) is 0.294. The topological polar surface area (TPSA) is 54.6 Å². The Hall–Kier alpha value is -2.36. The Morgan fingerprint density at radius 3 is 2.57 bits per heavy atom.